The molecule has 2 fully saturated rings. The van der Waals surface area contributed by atoms with Crippen LogP contribution in [-0.2, 0) is 17.8 Å². The standard InChI is InChI=1S/C23H31N3OS/c1-18(2)14-26-21(12-19-6-4-3-5-7-19)13-23(22(26)27)8-10-25(11-9-23)15-20-16-28-17-24-20/h3-7,16-18,21H,8-15H2,1-2H3. The average molecular weight is 398 g/mol. The van der Waals surface area contributed by atoms with Gasteiger partial charge in [-0.2, -0.15) is 0 Å². The third-order valence-corrected chi connectivity index (χ3v) is 6.98. The molecule has 1 aromatic carbocycles. The van der Waals surface area contributed by atoms with Crippen LogP contribution >= 0.6 is 11.3 Å². The molecule has 0 N–H and O–H groups in total. The minimum atomic E-state index is -0.146. The zero-order valence-electron chi connectivity index (χ0n) is 17.0. The number of piperidine rings is 1. The van der Waals surface area contributed by atoms with Crippen molar-refractivity contribution in [1.82, 2.24) is 14.8 Å². The Bertz CT molecular complexity index is 766. The van der Waals surface area contributed by atoms with Crippen molar-refractivity contribution < 1.29 is 4.79 Å². The van der Waals surface area contributed by atoms with Gasteiger partial charge in [0, 0.05) is 24.5 Å². The molecule has 1 amide bonds. The Hall–Kier alpha value is -1.72. The maximum Gasteiger partial charge on any atom is 0.229 e. The van der Waals surface area contributed by atoms with Crippen LogP contribution in [-0.4, -0.2) is 46.4 Å². The molecule has 4 nitrogen and oxygen atoms in total. The van der Waals surface area contributed by atoms with E-state index < -0.39 is 0 Å². The lowest BCUT2D eigenvalue weighted by molar-refractivity contribution is -0.139. The number of nitrogens with zero attached hydrogens (tertiary/aromatic N) is 3. The molecule has 0 aliphatic carbocycles. The Morgan fingerprint density at radius 3 is 2.61 bits per heavy atom. The second kappa shape index (κ2) is 8.34. The predicted octanol–water partition coefficient (Wildman–Crippen LogP) is 4.22. The lowest BCUT2D eigenvalue weighted by atomic mass is 9.75. The van der Waals surface area contributed by atoms with Crippen molar-refractivity contribution >= 4 is 17.2 Å². The molecule has 0 saturated carbocycles. The molecule has 2 saturated heterocycles. The topological polar surface area (TPSA) is 36.4 Å². The number of carbonyl (C=O) groups excluding carboxylic acids is 1. The number of amides is 1. The monoisotopic (exact) mass is 397 g/mol. The predicted molar refractivity (Wildman–Crippen MR) is 114 cm³/mol. The van der Waals surface area contributed by atoms with E-state index in [0.717, 1.165) is 57.6 Å². The summed E-state index contributed by atoms with van der Waals surface area (Å²) in [6.45, 7) is 8.22. The molecule has 2 aliphatic heterocycles. The van der Waals surface area contributed by atoms with Gasteiger partial charge in [0.1, 0.15) is 0 Å². The van der Waals surface area contributed by atoms with Gasteiger partial charge in [0.25, 0.3) is 0 Å². The molecule has 3 heterocycles. The molecule has 1 aromatic heterocycles. The number of benzene rings is 1. The number of rotatable bonds is 6. The molecule has 150 valence electrons. The minimum Gasteiger partial charge on any atom is -0.339 e. The fourth-order valence-corrected chi connectivity index (χ4v) is 5.46. The maximum absolute atomic E-state index is 13.5. The maximum atomic E-state index is 13.5. The highest BCUT2D eigenvalue weighted by molar-refractivity contribution is 7.07. The molecular formula is C23H31N3OS. The van der Waals surface area contributed by atoms with Crippen molar-refractivity contribution in [2.75, 3.05) is 19.6 Å². The summed E-state index contributed by atoms with van der Waals surface area (Å²) in [6, 6.07) is 11.0. The lowest BCUT2D eigenvalue weighted by Gasteiger charge is -2.37. The SMILES string of the molecule is CC(C)CN1C(=O)C2(CCN(Cc3cscn3)CC2)CC1Cc1ccccc1. The van der Waals surface area contributed by atoms with Gasteiger partial charge in [0.15, 0.2) is 0 Å². The third kappa shape index (κ3) is 4.15. The summed E-state index contributed by atoms with van der Waals surface area (Å²) in [4.78, 5) is 22.6. The Kier molecular flexibility index (Phi) is 5.83. The summed E-state index contributed by atoms with van der Waals surface area (Å²) in [5, 5.41) is 2.13. The highest BCUT2D eigenvalue weighted by Crippen LogP contribution is 2.45. The fourth-order valence-electron chi connectivity index (χ4n) is 4.91. The van der Waals surface area contributed by atoms with Crippen LogP contribution in [0.5, 0.6) is 0 Å². The van der Waals surface area contributed by atoms with Gasteiger partial charge < -0.3 is 4.90 Å². The van der Waals surface area contributed by atoms with E-state index in [2.05, 4.69) is 64.3 Å². The fraction of sp³-hybridized carbons (Fsp3) is 0.565. The van der Waals surface area contributed by atoms with Crippen LogP contribution in [0.25, 0.3) is 0 Å². The van der Waals surface area contributed by atoms with E-state index in [0.29, 0.717) is 17.9 Å². The normalized spacial score (nSPS) is 22.5. The molecule has 4 rings (SSSR count). The van der Waals surface area contributed by atoms with Crippen LogP contribution < -0.4 is 0 Å². The van der Waals surface area contributed by atoms with Crippen LogP contribution in [0, 0.1) is 11.3 Å². The largest absolute Gasteiger partial charge is 0.339 e. The second-order valence-electron chi connectivity index (χ2n) is 8.94. The van der Waals surface area contributed by atoms with E-state index in [1.807, 2.05) is 5.51 Å². The third-order valence-electron chi connectivity index (χ3n) is 6.34. The molecule has 0 radical (unpaired) electrons. The van der Waals surface area contributed by atoms with Gasteiger partial charge in [-0.25, -0.2) is 4.98 Å². The van der Waals surface area contributed by atoms with Crippen molar-refractivity contribution in [3.63, 3.8) is 0 Å². The minimum absolute atomic E-state index is 0.146. The molecule has 1 spiro atoms. The molecule has 2 aliphatic rings. The number of likely N-dealkylation sites (tertiary alicyclic amines) is 2. The first kappa shape index (κ1) is 19.6. The van der Waals surface area contributed by atoms with Crippen molar-refractivity contribution in [2.45, 2.75) is 52.1 Å². The van der Waals surface area contributed by atoms with E-state index >= 15 is 0 Å². The average Bonchev–Trinajstić information content (AvgIpc) is 3.28. The molecule has 5 heteroatoms. The summed E-state index contributed by atoms with van der Waals surface area (Å²) in [5.74, 6) is 0.914. The zero-order valence-corrected chi connectivity index (χ0v) is 17.8. The quantitative estimate of drug-likeness (QED) is 0.732. The van der Waals surface area contributed by atoms with E-state index in [1.165, 1.54) is 5.56 Å². The summed E-state index contributed by atoms with van der Waals surface area (Å²) < 4.78 is 0. The Labute approximate surface area is 172 Å². The number of aromatic nitrogens is 1. The Morgan fingerprint density at radius 1 is 1.21 bits per heavy atom. The Morgan fingerprint density at radius 2 is 1.96 bits per heavy atom. The number of hydrogen-bond donors (Lipinski definition) is 0. The van der Waals surface area contributed by atoms with Crippen LogP contribution in [0.15, 0.2) is 41.2 Å². The number of carbonyl (C=O) groups is 1. The van der Waals surface area contributed by atoms with Crippen LogP contribution in [0.4, 0.5) is 0 Å². The first-order valence-electron chi connectivity index (χ1n) is 10.5. The van der Waals surface area contributed by atoms with Crippen molar-refractivity contribution in [3.05, 3.63) is 52.5 Å². The first-order chi connectivity index (χ1) is 13.6. The van der Waals surface area contributed by atoms with Gasteiger partial charge in [0.05, 0.1) is 16.6 Å². The molecule has 1 unspecified atom stereocenters. The molecule has 2 aromatic rings. The number of hydrogen-bond acceptors (Lipinski definition) is 4. The van der Waals surface area contributed by atoms with Gasteiger partial charge in [-0.15, -0.1) is 11.3 Å². The highest BCUT2D eigenvalue weighted by Gasteiger charge is 2.52. The van der Waals surface area contributed by atoms with Crippen LogP contribution in [0.3, 0.4) is 0 Å². The summed E-state index contributed by atoms with van der Waals surface area (Å²) in [5.41, 5.74) is 4.25. The van der Waals surface area contributed by atoms with E-state index in [4.69, 9.17) is 0 Å². The van der Waals surface area contributed by atoms with Crippen molar-refractivity contribution in [1.29, 1.82) is 0 Å². The molecule has 0 bridgehead atoms. The van der Waals surface area contributed by atoms with Crippen LogP contribution in [0.1, 0.15) is 44.4 Å². The zero-order chi connectivity index (χ0) is 19.6. The van der Waals surface area contributed by atoms with E-state index in [1.54, 1.807) is 11.3 Å². The van der Waals surface area contributed by atoms with Crippen molar-refractivity contribution in [3.8, 4) is 0 Å². The molecular weight excluding hydrogens is 366 g/mol. The van der Waals surface area contributed by atoms with Crippen LogP contribution in [0.2, 0.25) is 0 Å². The molecule has 28 heavy (non-hydrogen) atoms. The van der Waals surface area contributed by atoms with Gasteiger partial charge in [-0.05, 0) is 50.3 Å². The lowest BCUT2D eigenvalue weighted by Crippen LogP contribution is -2.45. The summed E-state index contributed by atoms with van der Waals surface area (Å²) >= 11 is 1.66. The number of thiazole rings is 1. The highest BCUT2D eigenvalue weighted by atomic mass is 32.1. The van der Waals surface area contributed by atoms with Gasteiger partial charge in [-0.1, -0.05) is 44.2 Å². The Balaban J connectivity index is 1.46. The van der Waals surface area contributed by atoms with E-state index in [9.17, 15) is 4.79 Å². The van der Waals surface area contributed by atoms with E-state index in [-0.39, 0.29) is 5.41 Å². The molecule has 1 atom stereocenters. The van der Waals surface area contributed by atoms with Gasteiger partial charge in [-0.3, -0.25) is 9.69 Å². The van der Waals surface area contributed by atoms with Gasteiger partial charge >= 0.3 is 0 Å². The smallest absolute Gasteiger partial charge is 0.229 e. The van der Waals surface area contributed by atoms with Crippen molar-refractivity contribution in [2.24, 2.45) is 11.3 Å². The van der Waals surface area contributed by atoms with Gasteiger partial charge in [0.2, 0.25) is 5.91 Å². The second-order valence-corrected chi connectivity index (χ2v) is 9.65. The summed E-state index contributed by atoms with van der Waals surface area (Å²) in [7, 11) is 0. The summed E-state index contributed by atoms with van der Waals surface area (Å²) in [6.07, 6.45) is 3.95. The first-order valence-corrected chi connectivity index (χ1v) is 11.4.